The largest absolute Gasteiger partial charge is 0.315 e. The van der Waals surface area contributed by atoms with E-state index >= 15 is 0 Å². The van der Waals surface area contributed by atoms with Crippen LogP contribution in [0.1, 0.15) is 50.3 Å². The van der Waals surface area contributed by atoms with Crippen LogP contribution in [-0.4, -0.2) is 19.5 Å². The van der Waals surface area contributed by atoms with E-state index in [1.54, 1.807) is 4.90 Å². The number of nitrogens with zero attached hydrogens (tertiary/aromatic N) is 1. The molecule has 1 amide bonds. The topological polar surface area (TPSA) is 32.3 Å². The Morgan fingerprint density at radius 2 is 2.16 bits per heavy atom. The molecule has 0 radical (unpaired) electrons. The Morgan fingerprint density at radius 1 is 1.37 bits per heavy atom. The van der Waals surface area contributed by atoms with Gasteiger partial charge in [-0.05, 0) is 30.2 Å². The number of likely N-dealkylation sites (N-methyl/N-ethyl adjacent to an activating group) is 1. The maximum Gasteiger partial charge on any atom is 0.231 e. The number of hydrogen-bond acceptors (Lipinski definition) is 2. The second-order valence-electron chi connectivity index (χ2n) is 5.27. The highest BCUT2D eigenvalue weighted by Gasteiger charge is 2.24. The number of unbranched alkanes of at least 4 members (excludes halogenated alkanes) is 1. The molecule has 1 aromatic carbocycles. The van der Waals surface area contributed by atoms with Crippen molar-refractivity contribution in [3.8, 4) is 0 Å². The molecule has 2 rings (SSSR count). The van der Waals surface area contributed by atoms with E-state index in [4.69, 9.17) is 0 Å². The monoisotopic (exact) mass is 260 g/mol. The van der Waals surface area contributed by atoms with E-state index in [2.05, 4.69) is 37.4 Å². The lowest BCUT2D eigenvalue weighted by Gasteiger charge is -2.19. The maximum absolute atomic E-state index is 11.7. The van der Waals surface area contributed by atoms with Crippen LogP contribution >= 0.6 is 0 Å². The Labute approximate surface area is 116 Å². The minimum Gasteiger partial charge on any atom is -0.315 e. The van der Waals surface area contributed by atoms with Gasteiger partial charge in [-0.25, -0.2) is 0 Å². The molecule has 0 aromatic heterocycles. The molecule has 3 heteroatoms. The quantitative estimate of drug-likeness (QED) is 0.852. The van der Waals surface area contributed by atoms with Crippen molar-refractivity contribution in [2.24, 2.45) is 0 Å². The maximum atomic E-state index is 11.7. The van der Waals surface area contributed by atoms with Gasteiger partial charge in [0, 0.05) is 18.8 Å². The van der Waals surface area contributed by atoms with Crippen LogP contribution < -0.4 is 10.2 Å². The molecule has 0 saturated heterocycles. The van der Waals surface area contributed by atoms with Crippen molar-refractivity contribution in [2.75, 3.05) is 18.5 Å². The van der Waals surface area contributed by atoms with E-state index in [9.17, 15) is 4.79 Å². The van der Waals surface area contributed by atoms with Crippen molar-refractivity contribution in [3.63, 3.8) is 0 Å². The average Bonchev–Trinajstić information content (AvgIpc) is 2.69. The van der Waals surface area contributed by atoms with Crippen LogP contribution in [0, 0.1) is 0 Å². The molecule has 1 aromatic rings. The number of amides is 1. The molecule has 19 heavy (non-hydrogen) atoms. The molecule has 3 nitrogen and oxygen atoms in total. The first kappa shape index (κ1) is 14.1. The van der Waals surface area contributed by atoms with Gasteiger partial charge in [0.2, 0.25) is 5.91 Å². The van der Waals surface area contributed by atoms with Gasteiger partial charge in [-0.15, -0.1) is 0 Å². The van der Waals surface area contributed by atoms with Crippen LogP contribution in [0.4, 0.5) is 5.69 Å². The third-order valence-corrected chi connectivity index (χ3v) is 3.88. The lowest BCUT2D eigenvalue weighted by atomic mass is 9.98. The Morgan fingerprint density at radius 3 is 2.84 bits per heavy atom. The number of hydrogen-bond donors (Lipinski definition) is 1. The van der Waals surface area contributed by atoms with Gasteiger partial charge >= 0.3 is 0 Å². The number of rotatable bonds is 6. The van der Waals surface area contributed by atoms with E-state index in [0.717, 1.165) is 18.7 Å². The molecule has 1 aliphatic rings. The summed E-state index contributed by atoms with van der Waals surface area (Å²) in [4.78, 5) is 13.5. The number of anilines is 1. The van der Waals surface area contributed by atoms with E-state index in [1.807, 2.05) is 7.05 Å². The van der Waals surface area contributed by atoms with Gasteiger partial charge < -0.3 is 10.2 Å². The lowest BCUT2D eigenvalue weighted by molar-refractivity contribution is -0.117. The summed E-state index contributed by atoms with van der Waals surface area (Å²) in [6.45, 7) is 5.34. The molecule has 1 heterocycles. The molecule has 1 N–H and O–H groups in total. The summed E-state index contributed by atoms with van der Waals surface area (Å²) in [6, 6.07) is 6.87. The molecule has 1 aliphatic heterocycles. The first-order valence-electron chi connectivity index (χ1n) is 7.30. The van der Waals surface area contributed by atoms with Gasteiger partial charge in [-0.3, -0.25) is 4.79 Å². The van der Waals surface area contributed by atoms with Gasteiger partial charge in [-0.2, -0.15) is 0 Å². The highest BCUT2D eigenvalue weighted by Crippen LogP contribution is 2.31. The molecular weight excluding hydrogens is 236 g/mol. The molecule has 0 saturated carbocycles. The van der Waals surface area contributed by atoms with Crippen LogP contribution in [0.3, 0.4) is 0 Å². The predicted octanol–water partition coefficient (Wildman–Crippen LogP) is 3.05. The van der Waals surface area contributed by atoms with Crippen LogP contribution in [-0.2, 0) is 11.2 Å². The number of carbonyl (C=O) groups is 1. The van der Waals surface area contributed by atoms with Crippen molar-refractivity contribution < 1.29 is 4.79 Å². The summed E-state index contributed by atoms with van der Waals surface area (Å²) in [5.74, 6) is 0.195. The third-order valence-electron chi connectivity index (χ3n) is 3.88. The first-order valence-corrected chi connectivity index (χ1v) is 7.30. The Bertz CT molecular complexity index is 456. The molecule has 1 unspecified atom stereocenters. The first-order chi connectivity index (χ1) is 9.17. The van der Waals surface area contributed by atoms with Crippen molar-refractivity contribution in [1.82, 2.24) is 5.32 Å². The van der Waals surface area contributed by atoms with Gasteiger partial charge in [0.05, 0.1) is 6.42 Å². The normalized spacial score (nSPS) is 15.7. The Balaban J connectivity index is 2.20. The van der Waals surface area contributed by atoms with Gasteiger partial charge in [0.25, 0.3) is 0 Å². The smallest absolute Gasteiger partial charge is 0.231 e. The molecule has 1 atom stereocenters. The van der Waals surface area contributed by atoms with E-state index in [0.29, 0.717) is 12.5 Å². The fraction of sp³-hybridized carbons (Fsp3) is 0.562. The average molecular weight is 260 g/mol. The third kappa shape index (κ3) is 2.98. The van der Waals surface area contributed by atoms with Crippen molar-refractivity contribution in [3.05, 3.63) is 29.3 Å². The molecule has 0 fully saturated rings. The standard InChI is InChI=1S/C16H24N2O/c1-4-6-7-14(17-5-2)12-8-9-15-13(10-12)11-16(19)18(15)3/h8-10,14,17H,4-7,11H2,1-3H3. The minimum atomic E-state index is 0.195. The summed E-state index contributed by atoms with van der Waals surface area (Å²) in [6.07, 6.45) is 4.15. The van der Waals surface area contributed by atoms with Crippen LogP contribution in [0.25, 0.3) is 0 Å². The Kier molecular flexibility index (Phi) is 4.59. The van der Waals surface area contributed by atoms with Gasteiger partial charge in [0.1, 0.15) is 0 Å². The minimum absolute atomic E-state index is 0.195. The van der Waals surface area contributed by atoms with Crippen LogP contribution in [0.2, 0.25) is 0 Å². The van der Waals surface area contributed by atoms with E-state index in [1.165, 1.54) is 24.0 Å². The molecule has 0 spiro atoms. The van der Waals surface area contributed by atoms with E-state index in [-0.39, 0.29) is 5.91 Å². The van der Waals surface area contributed by atoms with Gasteiger partial charge in [-0.1, -0.05) is 38.8 Å². The van der Waals surface area contributed by atoms with Crippen LogP contribution in [0.5, 0.6) is 0 Å². The summed E-state index contributed by atoms with van der Waals surface area (Å²) in [5.41, 5.74) is 3.56. The summed E-state index contributed by atoms with van der Waals surface area (Å²) in [5, 5.41) is 3.55. The SMILES string of the molecule is CCCCC(NCC)c1ccc2c(c1)CC(=O)N2C. The van der Waals surface area contributed by atoms with Crippen molar-refractivity contribution in [2.45, 2.75) is 45.6 Å². The number of carbonyl (C=O) groups excluding carboxylic acids is 1. The molecular formula is C16H24N2O. The van der Waals surface area contributed by atoms with E-state index < -0.39 is 0 Å². The summed E-state index contributed by atoms with van der Waals surface area (Å²) < 4.78 is 0. The van der Waals surface area contributed by atoms with Crippen LogP contribution in [0.15, 0.2) is 18.2 Å². The molecule has 0 bridgehead atoms. The number of benzene rings is 1. The fourth-order valence-corrected chi connectivity index (χ4v) is 2.75. The molecule has 0 aliphatic carbocycles. The Hall–Kier alpha value is -1.35. The second kappa shape index (κ2) is 6.20. The molecule has 104 valence electrons. The second-order valence-corrected chi connectivity index (χ2v) is 5.27. The zero-order valence-electron chi connectivity index (χ0n) is 12.2. The number of nitrogens with one attached hydrogen (secondary N) is 1. The fourth-order valence-electron chi connectivity index (χ4n) is 2.75. The predicted molar refractivity (Wildman–Crippen MR) is 79.5 cm³/mol. The zero-order valence-corrected chi connectivity index (χ0v) is 12.2. The highest BCUT2D eigenvalue weighted by molar-refractivity contribution is 6.00. The highest BCUT2D eigenvalue weighted by atomic mass is 16.2. The zero-order chi connectivity index (χ0) is 13.8. The summed E-state index contributed by atoms with van der Waals surface area (Å²) >= 11 is 0. The lowest BCUT2D eigenvalue weighted by Crippen LogP contribution is -2.21. The van der Waals surface area contributed by atoms with Gasteiger partial charge in [0.15, 0.2) is 0 Å². The number of fused-ring (bicyclic) bond motifs is 1. The summed E-state index contributed by atoms with van der Waals surface area (Å²) in [7, 11) is 1.85. The van der Waals surface area contributed by atoms with Crippen molar-refractivity contribution in [1.29, 1.82) is 0 Å². The van der Waals surface area contributed by atoms with Crippen molar-refractivity contribution >= 4 is 11.6 Å².